The van der Waals surface area contributed by atoms with Crippen molar-refractivity contribution >= 4 is 23.4 Å². The van der Waals surface area contributed by atoms with Gasteiger partial charge in [0.15, 0.2) is 16.3 Å². The summed E-state index contributed by atoms with van der Waals surface area (Å²) in [5, 5.41) is 10.1. The van der Waals surface area contributed by atoms with Gasteiger partial charge in [-0.2, -0.15) is 0 Å². The topological polar surface area (TPSA) is 99.4 Å². The van der Waals surface area contributed by atoms with Crippen LogP contribution in [-0.4, -0.2) is 28.9 Å². The molecule has 2 heterocycles. The molecular weight excluding hydrogens is 540 g/mol. The molecule has 3 aromatic carbocycles. The quantitative estimate of drug-likeness (QED) is 0.298. The highest BCUT2D eigenvalue weighted by Crippen LogP contribution is 2.32. The van der Waals surface area contributed by atoms with Crippen molar-refractivity contribution < 1.29 is 24.1 Å². The van der Waals surface area contributed by atoms with Crippen molar-refractivity contribution in [2.75, 3.05) is 13.2 Å². The van der Waals surface area contributed by atoms with E-state index in [9.17, 15) is 14.7 Å². The van der Waals surface area contributed by atoms with Crippen molar-refractivity contribution in [1.82, 2.24) is 4.57 Å². The largest absolute Gasteiger partial charge is 0.504 e. The van der Waals surface area contributed by atoms with Crippen LogP contribution in [0.25, 0.3) is 6.08 Å². The number of allylic oxidation sites excluding steroid dienone is 1. The number of rotatable bonds is 9. The van der Waals surface area contributed by atoms with Crippen LogP contribution in [0.3, 0.4) is 0 Å². The third kappa shape index (κ3) is 5.95. The Balaban J connectivity index is 1.56. The van der Waals surface area contributed by atoms with Crippen molar-refractivity contribution in [2.24, 2.45) is 4.99 Å². The summed E-state index contributed by atoms with van der Waals surface area (Å²) in [5.41, 5.74) is 2.98. The standard InChI is InChI=1S/C32H30N2O6S/c1-4-38-26-17-22(11-16-25(26)35)18-27-30(36)34-29(28(31(37)39-5-2)20(3)33-32(34)41-27)23-12-14-24(15-13-23)40-19-21-9-7-6-8-10-21/h6-18,29,35H,4-5,19H2,1-3H3. The van der Waals surface area contributed by atoms with Crippen molar-refractivity contribution in [3.63, 3.8) is 0 Å². The van der Waals surface area contributed by atoms with Crippen LogP contribution >= 0.6 is 11.3 Å². The maximum Gasteiger partial charge on any atom is 0.338 e. The van der Waals surface area contributed by atoms with E-state index < -0.39 is 12.0 Å². The molecule has 1 N–H and O–H groups in total. The van der Waals surface area contributed by atoms with E-state index in [1.165, 1.54) is 17.4 Å². The number of hydrogen-bond donors (Lipinski definition) is 1. The molecule has 1 aliphatic rings. The van der Waals surface area contributed by atoms with E-state index in [0.29, 0.717) is 50.9 Å². The lowest BCUT2D eigenvalue weighted by atomic mass is 9.96. The fourth-order valence-electron chi connectivity index (χ4n) is 4.64. The second-order valence-electron chi connectivity index (χ2n) is 9.31. The molecule has 9 heteroatoms. The van der Waals surface area contributed by atoms with Gasteiger partial charge in [-0.25, -0.2) is 9.79 Å². The second-order valence-corrected chi connectivity index (χ2v) is 10.3. The predicted octanol–water partition coefficient (Wildman–Crippen LogP) is 4.48. The number of phenols is 1. The molecule has 1 aliphatic heterocycles. The van der Waals surface area contributed by atoms with E-state index in [4.69, 9.17) is 14.2 Å². The first kappa shape index (κ1) is 27.9. The molecule has 1 atom stereocenters. The fraction of sp³-hybridized carbons (Fsp3) is 0.219. The van der Waals surface area contributed by atoms with Gasteiger partial charge in [0.05, 0.1) is 35.1 Å². The van der Waals surface area contributed by atoms with Gasteiger partial charge < -0.3 is 19.3 Å². The van der Waals surface area contributed by atoms with E-state index in [1.807, 2.05) is 61.5 Å². The van der Waals surface area contributed by atoms with E-state index in [1.54, 1.807) is 36.6 Å². The van der Waals surface area contributed by atoms with E-state index in [0.717, 1.165) is 11.1 Å². The van der Waals surface area contributed by atoms with Crippen LogP contribution in [0.4, 0.5) is 0 Å². The van der Waals surface area contributed by atoms with E-state index in [2.05, 4.69) is 4.99 Å². The lowest BCUT2D eigenvalue weighted by Gasteiger charge is -2.24. The van der Waals surface area contributed by atoms with Crippen LogP contribution in [0.1, 0.15) is 43.5 Å². The number of carbonyl (C=O) groups is 1. The highest BCUT2D eigenvalue weighted by molar-refractivity contribution is 7.07. The number of fused-ring (bicyclic) bond motifs is 1. The molecule has 0 spiro atoms. The first-order valence-electron chi connectivity index (χ1n) is 13.3. The van der Waals surface area contributed by atoms with Gasteiger partial charge in [-0.05, 0) is 67.8 Å². The van der Waals surface area contributed by atoms with Crippen molar-refractivity contribution in [3.8, 4) is 17.2 Å². The fourth-order valence-corrected chi connectivity index (χ4v) is 5.68. The predicted molar refractivity (Wildman–Crippen MR) is 157 cm³/mol. The van der Waals surface area contributed by atoms with Gasteiger partial charge in [0.1, 0.15) is 12.4 Å². The third-order valence-electron chi connectivity index (χ3n) is 6.54. The molecule has 0 saturated heterocycles. The van der Waals surface area contributed by atoms with E-state index in [-0.39, 0.29) is 17.9 Å². The van der Waals surface area contributed by atoms with Crippen LogP contribution < -0.4 is 24.4 Å². The summed E-state index contributed by atoms with van der Waals surface area (Å²) in [6.45, 7) is 6.33. The van der Waals surface area contributed by atoms with Gasteiger partial charge in [-0.15, -0.1) is 0 Å². The number of esters is 1. The first-order chi connectivity index (χ1) is 19.9. The van der Waals surface area contributed by atoms with Crippen LogP contribution in [0.5, 0.6) is 17.2 Å². The Morgan fingerprint density at radius 3 is 2.49 bits per heavy atom. The van der Waals surface area contributed by atoms with Crippen molar-refractivity contribution in [1.29, 1.82) is 0 Å². The molecule has 8 nitrogen and oxygen atoms in total. The molecule has 5 rings (SSSR count). The highest BCUT2D eigenvalue weighted by atomic mass is 32.1. The Morgan fingerprint density at radius 2 is 1.78 bits per heavy atom. The Hall–Kier alpha value is -4.63. The zero-order valence-corrected chi connectivity index (χ0v) is 23.8. The molecular formula is C32H30N2O6S. The zero-order chi connectivity index (χ0) is 28.9. The molecule has 0 aliphatic carbocycles. The second kappa shape index (κ2) is 12.3. The van der Waals surface area contributed by atoms with Crippen molar-refractivity contribution in [2.45, 2.75) is 33.4 Å². The Kier molecular flexibility index (Phi) is 8.35. The molecule has 0 radical (unpaired) electrons. The summed E-state index contributed by atoms with van der Waals surface area (Å²) < 4.78 is 18.8. The Bertz CT molecular complexity index is 1770. The van der Waals surface area contributed by atoms with Crippen LogP contribution in [0.2, 0.25) is 0 Å². The van der Waals surface area contributed by atoms with Crippen LogP contribution in [0.15, 0.2) is 93.9 Å². The van der Waals surface area contributed by atoms with E-state index >= 15 is 0 Å². The average molecular weight is 571 g/mol. The number of hydrogen-bond acceptors (Lipinski definition) is 8. The Morgan fingerprint density at radius 1 is 1.02 bits per heavy atom. The summed E-state index contributed by atoms with van der Waals surface area (Å²) in [7, 11) is 0. The lowest BCUT2D eigenvalue weighted by Crippen LogP contribution is -2.39. The number of thiazole rings is 1. The number of aromatic nitrogens is 1. The number of benzene rings is 3. The molecule has 0 saturated carbocycles. The molecule has 1 aromatic heterocycles. The minimum absolute atomic E-state index is 0.0244. The van der Waals surface area contributed by atoms with Crippen molar-refractivity contribution in [3.05, 3.63) is 120 Å². The molecule has 0 amide bonds. The summed E-state index contributed by atoms with van der Waals surface area (Å²) >= 11 is 1.23. The maximum atomic E-state index is 13.8. The van der Waals surface area contributed by atoms with Gasteiger partial charge in [0.2, 0.25) is 0 Å². The highest BCUT2D eigenvalue weighted by Gasteiger charge is 2.33. The van der Waals surface area contributed by atoms with Gasteiger partial charge in [0, 0.05) is 0 Å². The SMILES string of the molecule is CCOC(=O)C1=C(C)N=c2sc(=Cc3ccc(O)c(OCC)c3)c(=O)n2C1c1ccc(OCc2ccccc2)cc1. The van der Waals surface area contributed by atoms with Crippen LogP contribution in [0, 0.1) is 0 Å². The summed E-state index contributed by atoms with van der Waals surface area (Å²) in [4.78, 5) is 32.1. The van der Waals surface area contributed by atoms with Gasteiger partial charge in [0.25, 0.3) is 5.56 Å². The minimum Gasteiger partial charge on any atom is -0.504 e. The lowest BCUT2D eigenvalue weighted by molar-refractivity contribution is -0.139. The number of nitrogens with zero attached hydrogens (tertiary/aromatic N) is 2. The summed E-state index contributed by atoms with van der Waals surface area (Å²) in [6, 6.07) is 21.4. The normalized spacial score (nSPS) is 14.8. The number of ether oxygens (including phenoxy) is 3. The Labute approximate surface area is 241 Å². The molecule has 0 bridgehead atoms. The number of carbonyl (C=O) groups excluding carboxylic acids is 1. The number of aromatic hydroxyl groups is 1. The van der Waals surface area contributed by atoms with Gasteiger partial charge in [-0.1, -0.05) is 59.9 Å². The molecule has 0 fully saturated rings. The molecule has 210 valence electrons. The molecule has 1 unspecified atom stereocenters. The van der Waals surface area contributed by atoms with Gasteiger partial charge >= 0.3 is 5.97 Å². The zero-order valence-electron chi connectivity index (χ0n) is 23.0. The smallest absolute Gasteiger partial charge is 0.338 e. The third-order valence-corrected chi connectivity index (χ3v) is 7.53. The van der Waals surface area contributed by atoms with Crippen LogP contribution in [-0.2, 0) is 16.1 Å². The first-order valence-corrected chi connectivity index (χ1v) is 14.1. The monoisotopic (exact) mass is 570 g/mol. The summed E-state index contributed by atoms with van der Waals surface area (Å²) in [6.07, 6.45) is 1.73. The maximum absolute atomic E-state index is 13.8. The summed E-state index contributed by atoms with van der Waals surface area (Å²) in [5.74, 6) is 0.511. The van der Waals surface area contributed by atoms with Gasteiger partial charge in [-0.3, -0.25) is 9.36 Å². The average Bonchev–Trinajstić information content (AvgIpc) is 3.28. The molecule has 41 heavy (non-hydrogen) atoms. The minimum atomic E-state index is -0.727. The molecule has 4 aromatic rings. The number of phenolic OH excluding ortho intramolecular Hbond substituents is 1.